The Hall–Kier alpha value is -0.120. The van der Waals surface area contributed by atoms with E-state index >= 15 is 0 Å². The number of aliphatic hydroxyl groups is 1. The van der Waals surface area contributed by atoms with E-state index in [9.17, 15) is 0 Å². The Bertz CT molecular complexity index is 138. The number of likely N-dealkylation sites (tertiary alicyclic amines) is 2. The quantitative estimate of drug-likeness (QED) is 0.534. The molecule has 0 amide bonds. The summed E-state index contributed by atoms with van der Waals surface area (Å²) in [4.78, 5) is 4.73. The highest BCUT2D eigenvalue weighted by Crippen LogP contribution is 2.30. The van der Waals surface area contributed by atoms with E-state index in [1.165, 1.54) is 13.1 Å². The zero-order valence-corrected chi connectivity index (χ0v) is 6.32. The van der Waals surface area contributed by atoms with Crippen LogP contribution in [0.15, 0.2) is 0 Å². The van der Waals surface area contributed by atoms with E-state index in [1.807, 2.05) is 0 Å². The van der Waals surface area contributed by atoms with Gasteiger partial charge in [-0.2, -0.15) is 0 Å². The first kappa shape index (κ1) is 6.58. The molecule has 1 N–H and O–H groups in total. The van der Waals surface area contributed by atoms with E-state index in [1.54, 1.807) is 0 Å². The second-order valence-corrected chi connectivity index (χ2v) is 3.29. The predicted octanol–water partition coefficient (Wildman–Crippen LogP) is -1.02. The van der Waals surface area contributed by atoms with Gasteiger partial charge in [0, 0.05) is 31.7 Å². The van der Waals surface area contributed by atoms with Gasteiger partial charge in [-0.05, 0) is 7.05 Å². The molecule has 58 valence electrons. The fourth-order valence-corrected chi connectivity index (χ4v) is 1.95. The zero-order chi connectivity index (χ0) is 7.14. The Morgan fingerprint density at radius 1 is 1.40 bits per heavy atom. The second kappa shape index (κ2) is 2.19. The van der Waals surface area contributed by atoms with Gasteiger partial charge in [-0.3, -0.25) is 9.80 Å². The zero-order valence-electron chi connectivity index (χ0n) is 6.32. The maximum atomic E-state index is 8.64. The minimum Gasteiger partial charge on any atom is -0.395 e. The van der Waals surface area contributed by atoms with Crippen LogP contribution in [0.5, 0.6) is 0 Å². The summed E-state index contributed by atoms with van der Waals surface area (Å²) in [6.07, 6.45) is 0. The molecule has 2 saturated heterocycles. The molecule has 2 fully saturated rings. The van der Waals surface area contributed by atoms with Crippen molar-refractivity contribution < 1.29 is 5.11 Å². The van der Waals surface area contributed by atoms with Crippen molar-refractivity contribution in [1.82, 2.24) is 9.80 Å². The van der Waals surface area contributed by atoms with Crippen molar-refractivity contribution in [2.24, 2.45) is 0 Å². The molecular weight excluding hydrogens is 128 g/mol. The van der Waals surface area contributed by atoms with Crippen LogP contribution in [0.4, 0.5) is 0 Å². The van der Waals surface area contributed by atoms with Crippen molar-refractivity contribution >= 4 is 0 Å². The van der Waals surface area contributed by atoms with Crippen LogP contribution in [0.2, 0.25) is 0 Å². The summed E-state index contributed by atoms with van der Waals surface area (Å²) in [5.41, 5.74) is 0. The summed E-state index contributed by atoms with van der Waals surface area (Å²) in [6.45, 7) is 3.55. The molecule has 0 aromatic heterocycles. The lowest BCUT2D eigenvalue weighted by Gasteiger charge is -2.61. The predicted molar refractivity (Wildman–Crippen MR) is 38.9 cm³/mol. The highest BCUT2D eigenvalue weighted by Gasteiger charge is 2.48. The van der Waals surface area contributed by atoms with Gasteiger partial charge in [0.1, 0.15) is 0 Å². The molecule has 2 aliphatic heterocycles. The Morgan fingerprint density at radius 2 is 2.20 bits per heavy atom. The number of nitrogens with zero attached hydrogens (tertiary/aromatic N) is 2. The molecule has 0 aromatic rings. The normalized spacial score (nSPS) is 40.2. The molecule has 2 aliphatic rings. The van der Waals surface area contributed by atoms with Crippen LogP contribution in [0, 0.1) is 0 Å². The van der Waals surface area contributed by atoms with E-state index < -0.39 is 0 Å². The van der Waals surface area contributed by atoms with E-state index in [2.05, 4.69) is 16.8 Å². The summed E-state index contributed by atoms with van der Waals surface area (Å²) in [7, 11) is 2.16. The maximum Gasteiger partial charge on any atom is 0.0558 e. The Labute approximate surface area is 61.2 Å². The Morgan fingerprint density at radius 3 is 2.60 bits per heavy atom. The minimum atomic E-state index is 0.312. The van der Waals surface area contributed by atoms with Gasteiger partial charge in [0.05, 0.1) is 6.61 Å². The summed E-state index contributed by atoms with van der Waals surface area (Å²) in [6, 6.07) is 1.59. The number of hydrogen-bond donors (Lipinski definition) is 1. The van der Waals surface area contributed by atoms with Crippen LogP contribution in [0.25, 0.3) is 0 Å². The Balaban J connectivity index is 1.78. The van der Waals surface area contributed by atoms with Gasteiger partial charge in [-0.1, -0.05) is 0 Å². The van der Waals surface area contributed by atoms with Gasteiger partial charge in [0.25, 0.3) is 0 Å². The second-order valence-electron chi connectivity index (χ2n) is 3.29. The average molecular weight is 142 g/mol. The number of likely N-dealkylation sites (N-methyl/N-ethyl adjacent to an activating group) is 1. The van der Waals surface area contributed by atoms with Crippen molar-refractivity contribution in [3.8, 4) is 0 Å². The van der Waals surface area contributed by atoms with Crippen LogP contribution in [0.1, 0.15) is 0 Å². The van der Waals surface area contributed by atoms with Crippen molar-refractivity contribution in [2.75, 3.05) is 33.3 Å². The van der Waals surface area contributed by atoms with Gasteiger partial charge in [0.2, 0.25) is 0 Å². The first-order valence-electron chi connectivity index (χ1n) is 3.88. The van der Waals surface area contributed by atoms with Gasteiger partial charge in [-0.15, -0.1) is 0 Å². The number of β-amino-alcohol motifs (C(OH)–C–C–N with tert-alkyl or cyclic N) is 1. The molecular formula is C7H14N2O. The lowest BCUT2D eigenvalue weighted by atomic mass is 9.86. The summed E-state index contributed by atoms with van der Waals surface area (Å²) < 4.78 is 0. The fourth-order valence-electron chi connectivity index (χ4n) is 1.95. The molecule has 3 nitrogen and oxygen atoms in total. The van der Waals surface area contributed by atoms with Crippen LogP contribution >= 0.6 is 0 Å². The van der Waals surface area contributed by atoms with Crippen LogP contribution < -0.4 is 0 Å². The van der Waals surface area contributed by atoms with E-state index in [4.69, 9.17) is 5.11 Å². The molecule has 1 unspecified atom stereocenters. The monoisotopic (exact) mass is 142 g/mol. The van der Waals surface area contributed by atoms with Crippen molar-refractivity contribution in [2.45, 2.75) is 12.1 Å². The molecule has 2 atom stereocenters. The van der Waals surface area contributed by atoms with E-state index in [0.29, 0.717) is 6.61 Å². The van der Waals surface area contributed by atoms with Gasteiger partial charge < -0.3 is 5.11 Å². The maximum absolute atomic E-state index is 8.64. The molecule has 10 heavy (non-hydrogen) atoms. The molecule has 0 radical (unpaired) electrons. The minimum absolute atomic E-state index is 0.312. The number of rotatable bonds is 2. The standard InChI is InChI=1S/C7H14N2O/c1-8-4-7-6(8)5-9(7)2-3-10/h6-7,10H,2-5H2,1H3/t6-,7?/m0/s1. The third-order valence-corrected chi connectivity index (χ3v) is 2.76. The molecule has 0 spiro atoms. The molecule has 0 saturated carbocycles. The van der Waals surface area contributed by atoms with Crippen molar-refractivity contribution in [1.29, 1.82) is 0 Å². The topological polar surface area (TPSA) is 26.7 Å². The van der Waals surface area contributed by atoms with Gasteiger partial charge in [0.15, 0.2) is 0 Å². The highest BCUT2D eigenvalue weighted by atomic mass is 16.3. The highest BCUT2D eigenvalue weighted by molar-refractivity contribution is 5.06. The molecule has 0 aliphatic carbocycles. The molecule has 3 heteroatoms. The molecule has 2 heterocycles. The Kier molecular flexibility index (Phi) is 1.44. The van der Waals surface area contributed by atoms with Gasteiger partial charge in [-0.25, -0.2) is 0 Å². The van der Waals surface area contributed by atoms with Crippen LogP contribution in [0.3, 0.4) is 0 Å². The SMILES string of the molecule is CN1CC2[C@@H]1CN2CCO. The summed E-state index contributed by atoms with van der Waals surface area (Å²) >= 11 is 0. The lowest BCUT2D eigenvalue weighted by Crippen LogP contribution is -2.77. The van der Waals surface area contributed by atoms with Crippen LogP contribution in [-0.4, -0.2) is 60.3 Å². The molecule has 0 bridgehead atoms. The van der Waals surface area contributed by atoms with E-state index in [-0.39, 0.29) is 0 Å². The van der Waals surface area contributed by atoms with Crippen LogP contribution in [-0.2, 0) is 0 Å². The molecule has 0 aromatic carbocycles. The smallest absolute Gasteiger partial charge is 0.0558 e. The third-order valence-electron chi connectivity index (χ3n) is 2.76. The van der Waals surface area contributed by atoms with Crippen molar-refractivity contribution in [3.63, 3.8) is 0 Å². The number of piperazine rings is 1. The average Bonchev–Trinajstić information content (AvgIpc) is 1.92. The van der Waals surface area contributed by atoms with E-state index in [0.717, 1.165) is 18.6 Å². The lowest BCUT2D eigenvalue weighted by molar-refractivity contribution is -0.114. The largest absolute Gasteiger partial charge is 0.395 e. The third kappa shape index (κ3) is 0.713. The fraction of sp³-hybridized carbons (Fsp3) is 1.00. The number of hydrogen-bond acceptors (Lipinski definition) is 3. The molecule has 2 rings (SSSR count). The van der Waals surface area contributed by atoms with Gasteiger partial charge >= 0.3 is 0 Å². The van der Waals surface area contributed by atoms with Crippen molar-refractivity contribution in [3.05, 3.63) is 0 Å². The summed E-state index contributed by atoms with van der Waals surface area (Å²) in [5.74, 6) is 0. The number of fused-ring (bicyclic) bond motifs is 1. The first-order valence-corrected chi connectivity index (χ1v) is 3.88. The summed E-state index contributed by atoms with van der Waals surface area (Å²) in [5, 5.41) is 8.64. The first-order chi connectivity index (χ1) is 4.83. The number of aliphatic hydroxyl groups excluding tert-OH is 1.